The third-order valence-corrected chi connectivity index (χ3v) is 3.57. The molecule has 1 aromatic rings. The van der Waals surface area contributed by atoms with Gasteiger partial charge in [-0.05, 0) is 50.5 Å². The summed E-state index contributed by atoms with van der Waals surface area (Å²) < 4.78 is 0. The molecule has 0 aliphatic heterocycles. The van der Waals surface area contributed by atoms with Gasteiger partial charge in [0, 0.05) is 31.4 Å². The van der Waals surface area contributed by atoms with E-state index in [-0.39, 0.29) is 0 Å². The molecule has 104 valence electrons. The summed E-state index contributed by atoms with van der Waals surface area (Å²) in [5, 5.41) is 7.38. The molecule has 19 heavy (non-hydrogen) atoms. The lowest BCUT2D eigenvalue weighted by Crippen LogP contribution is -2.38. The average Bonchev–Trinajstić information content (AvgIpc) is 3.24. The van der Waals surface area contributed by atoms with Gasteiger partial charge in [-0.1, -0.05) is 18.2 Å². The van der Waals surface area contributed by atoms with Gasteiger partial charge in [0.1, 0.15) is 0 Å². The van der Waals surface area contributed by atoms with E-state index < -0.39 is 0 Å². The summed E-state index contributed by atoms with van der Waals surface area (Å²) in [4.78, 5) is 2.39. The number of para-hydroxylation sites is 1. The number of thiocarbonyl (C=S) groups is 1. The van der Waals surface area contributed by atoms with Crippen LogP contribution in [0.4, 0.5) is 5.69 Å². The van der Waals surface area contributed by atoms with Crippen LogP contribution in [0.2, 0.25) is 0 Å². The molecule has 0 spiro atoms. The van der Waals surface area contributed by atoms with E-state index >= 15 is 0 Å². The normalized spacial score (nSPS) is 13.9. The van der Waals surface area contributed by atoms with Crippen LogP contribution >= 0.6 is 12.2 Å². The minimum absolute atomic E-state index is 0.636. The maximum absolute atomic E-state index is 5.24. The summed E-state index contributed by atoms with van der Waals surface area (Å²) in [7, 11) is 0. The minimum atomic E-state index is 0.636. The fraction of sp³-hybridized carbons (Fsp3) is 0.533. The summed E-state index contributed by atoms with van der Waals surface area (Å²) in [5.41, 5.74) is 1.30. The van der Waals surface area contributed by atoms with Crippen molar-refractivity contribution in [2.75, 3.05) is 24.5 Å². The molecule has 4 heteroatoms. The summed E-state index contributed by atoms with van der Waals surface area (Å²) in [6, 6.07) is 11.2. The van der Waals surface area contributed by atoms with Gasteiger partial charge in [-0.25, -0.2) is 0 Å². The summed E-state index contributed by atoms with van der Waals surface area (Å²) in [5.74, 6) is 0. The predicted molar refractivity (Wildman–Crippen MR) is 85.7 cm³/mol. The van der Waals surface area contributed by atoms with E-state index in [2.05, 4.69) is 52.8 Å². The second-order valence-corrected chi connectivity index (χ2v) is 5.35. The Bertz CT molecular complexity index is 390. The van der Waals surface area contributed by atoms with Crippen molar-refractivity contribution < 1.29 is 0 Å². The minimum Gasteiger partial charge on any atom is -0.372 e. The zero-order chi connectivity index (χ0) is 13.5. The van der Waals surface area contributed by atoms with Crippen molar-refractivity contribution >= 4 is 23.0 Å². The van der Waals surface area contributed by atoms with Crippen molar-refractivity contribution in [1.29, 1.82) is 0 Å². The summed E-state index contributed by atoms with van der Waals surface area (Å²) >= 11 is 5.24. The van der Waals surface area contributed by atoms with E-state index in [4.69, 9.17) is 12.2 Å². The maximum atomic E-state index is 5.24. The van der Waals surface area contributed by atoms with Gasteiger partial charge in [0.2, 0.25) is 0 Å². The fourth-order valence-corrected chi connectivity index (χ4v) is 2.31. The molecule has 0 aromatic heterocycles. The lowest BCUT2D eigenvalue weighted by molar-refractivity contribution is 0.714. The molecular formula is C15H23N3S. The molecule has 1 saturated carbocycles. The highest BCUT2D eigenvalue weighted by Crippen LogP contribution is 2.18. The highest BCUT2D eigenvalue weighted by molar-refractivity contribution is 7.80. The number of nitrogens with zero attached hydrogens (tertiary/aromatic N) is 1. The molecule has 0 amide bonds. The first-order chi connectivity index (χ1) is 9.29. The summed E-state index contributed by atoms with van der Waals surface area (Å²) in [6.45, 7) is 5.22. The molecule has 3 nitrogen and oxygen atoms in total. The molecule has 0 radical (unpaired) electrons. The summed E-state index contributed by atoms with van der Waals surface area (Å²) in [6.07, 6.45) is 3.62. The predicted octanol–water partition coefficient (Wildman–Crippen LogP) is 2.53. The maximum Gasteiger partial charge on any atom is 0.166 e. The van der Waals surface area contributed by atoms with Crippen LogP contribution < -0.4 is 15.5 Å². The number of rotatable bonds is 7. The van der Waals surface area contributed by atoms with Gasteiger partial charge in [0.25, 0.3) is 0 Å². The Morgan fingerprint density at radius 2 is 2.05 bits per heavy atom. The molecule has 2 rings (SSSR count). The monoisotopic (exact) mass is 277 g/mol. The zero-order valence-corrected chi connectivity index (χ0v) is 12.4. The quantitative estimate of drug-likeness (QED) is 0.591. The first-order valence-electron chi connectivity index (χ1n) is 7.14. The second kappa shape index (κ2) is 7.34. The molecule has 1 fully saturated rings. The standard InChI is InChI=1S/C15H23N3S/c1-2-18(14-7-4-3-5-8-14)12-6-11-16-15(19)17-13-9-10-13/h3-5,7-8,13H,2,6,9-12H2,1H3,(H2,16,17,19). The van der Waals surface area contributed by atoms with Gasteiger partial charge in [0.15, 0.2) is 5.11 Å². The van der Waals surface area contributed by atoms with Crippen LogP contribution in [0.3, 0.4) is 0 Å². The molecule has 1 aliphatic rings. The van der Waals surface area contributed by atoms with Crippen molar-refractivity contribution in [1.82, 2.24) is 10.6 Å². The molecule has 1 aromatic carbocycles. The Hall–Kier alpha value is -1.29. The number of benzene rings is 1. The van der Waals surface area contributed by atoms with Crippen molar-refractivity contribution in [2.45, 2.75) is 32.2 Å². The largest absolute Gasteiger partial charge is 0.372 e. The zero-order valence-electron chi connectivity index (χ0n) is 11.6. The van der Waals surface area contributed by atoms with E-state index in [1.165, 1.54) is 18.5 Å². The molecule has 0 bridgehead atoms. The highest BCUT2D eigenvalue weighted by Gasteiger charge is 2.21. The van der Waals surface area contributed by atoms with E-state index in [0.717, 1.165) is 31.2 Å². The first kappa shape index (κ1) is 14.1. The van der Waals surface area contributed by atoms with Crippen molar-refractivity contribution in [2.24, 2.45) is 0 Å². The van der Waals surface area contributed by atoms with E-state index in [1.54, 1.807) is 0 Å². The molecule has 1 aliphatic carbocycles. The molecule has 0 saturated heterocycles. The lowest BCUT2D eigenvalue weighted by Gasteiger charge is -2.23. The topological polar surface area (TPSA) is 27.3 Å². The number of anilines is 1. The van der Waals surface area contributed by atoms with Gasteiger partial charge in [-0.15, -0.1) is 0 Å². The van der Waals surface area contributed by atoms with Crippen molar-refractivity contribution in [3.63, 3.8) is 0 Å². The molecular weight excluding hydrogens is 254 g/mol. The Morgan fingerprint density at radius 3 is 2.68 bits per heavy atom. The van der Waals surface area contributed by atoms with E-state index in [1.807, 2.05) is 0 Å². The van der Waals surface area contributed by atoms with Crippen LogP contribution in [0.25, 0.3) is 0 Å². The number of hydrogen-bond donors (Lipinski definition) is 2. The average molecular weight is 277 g/mol. The van der Waals surface area contributed by atoms with Gasteiger partial charge in [-0.2, -0.15) is 0 Å². The van der Waals surface area contributed by atoms with Crippen molar-refractivity contribution in [3.05, 3.63) is 30.3 Å². The van der Waals surface area contributed by atoms with E-state index in [0.29, 0.717) is 6.04 Å². The molecule has 2 N–H and O–H groups in total. The third kappa shape index (κ3) is 5.07. The molecule has 0 unspecified atom stereocenters. The van der Waals surface area contributed by atoms with Crippen LogP contribution in [0.15, 0.2) is 30.3 Å². The van der Waals surface area contributed by atoms with Gasteiger partial charge in [0.05, 0.1) is 0 Å². The SMILES string of the molecule is CCN(CCCNC(=S)NC1CC1)c1ccccc1. The van der Waals surface area contributed by atoms with Gasteiger partial charge >= 0.3 is 0 Å². The second-order valence-electron chi connectivity index (χ2n) is 4.94. The Morgan fingerprint density at radius 1 is 1.32 bits per heavy atom. The first-order valence-corrected chi connectivity index (χ1v) is 7.54. The Labute approximate surface area is 121 Å². The fourth-order valence-electron chi connectivity index (χ4n) is 2.04. The lowest BCUT2D eigenvalue weighted by atomic mass is 10.2. The molecule has 0 heterocycles. The smallest absolute Gasteiger partial charge is 0.166 e. The molecule has 0 atom stereocenters. The van der Waals surface area contributed by atoms with Gasteiger partial charge in [-0.3, -0.25) is 0 Å². The third-order valence-electron chi connectivity index (χ3n) is 3.31. The highest BCUT2D eigenvalue weighted by atomic mass is 32.1. The number of hydrogen-bond acceptors (Lipinski definition) is 2. The van der Waals surface area contributed by atoms with E-state index in [9.17, 15) is 0 Å². The van der Waals surface area contributed by atoms with Crippen LogP contribution in [-0.2, 0) is 0 Å². The van der Waals surface area contributed by atoms with Crippen LogP contribution in [-0.4, -0.2) is 30.8 Å². The van der Waals surface area contributed by atoms with Crippen molar-refractivity contribution in [3.8, 4) is 0 Å². The van der Waals surface area contributed by atoms with Crippen LogP contribution in [0.5, 0.6) is 0 Å². The van der Waals surface area contributed by atoms with Crippen LogP contribution in [0.1, 0.15) is 26.2 Å². The number of nitrogens with one attached hydrogen (secondary N) is 2. The van der Waals surface area contributed by atoms with Gasteiger partial charge < -0.3 is 15.5 Å². The Kier molecular flexibility index (Phi) is 5.45. The Balaban J connectivity index is 1.64. The van der Waals surface area contributed by atoms with Crippen LogP contribution in [0, 0.1) is 0 Å².